The predicted molar refractivity (Wildman–Crippen MR) is 118 cm³/mol. The van der Waals surface area contributed by atoms with Gasteiger partial charge in [-0.15, -0.1) is 5.10 Å². The van der Waals surface area contributed by atoms with Crippen LogP contribution >= 0.6 is 0 Å². The first-order valence-electron chi connectivity index (χ1n) is 10.4. The molecule has 1 aromatic carbocycles. The Kier molecular flexibility index (Phi) is 4.91. The normalized spacial score (nSPS) is 16.9. The van der Waals surface area contributed by atoms with Gasteiger partial charge in [0.2, 0.25) is 0 Å². The minimum absolute atomic E-state index is 0.0558. The summed E-state index contributed by atoms with van der Waals surface area (Å²) in [6, 6.07) is 8.11. The number of benzene rings is 1. The number of morpholine rings is 1. The van der Waals surface area contributed by atoms with E-state index >= 15 is 0 Å². The second-order valence-electron chi connectivity index (χ2n) is 7.94. The van der Waals surface area contributed by atoms with Crippen molar-refractivity contribution < 1.29 is 9.84 Å². The van der Waals surface area contributed by atoms with E-state index in [9.17, 15) is 5.11 Å². The molecule has 1 fully saturated rings. The molecule has 0 unspecified atom stereocenters. The lowest BCUT2D eigenvalue weighted by atomic mass is 10.0. The van der Waals surface area contributed by atoms with Crippen LogP contribution in [0.5, 0.6) is 0 Å². The van der Waals surface area contributed by atoms with Crippen molar-refractivity contribution in [3.05, 3.63) is 41.7 Å². The van der Waals surface area contributed by atoms with Crippen LogP contribution in [0.4, 0.5) is 5.82 Å². The van der Waals surface area contributed by atoms with Crippen molar-refractivity contribution in [1.82, 2.24) is 29.9 Å². The molecule has 0 saturated carbocycles. The summed E-state index contributed by atoms with van der Waals surface area (Å²) in [5, 5.41) is 19.1. The molecule has 4 heterocycles. The predicted octanol–water partition coefficient (Wildman–Crippen LogP) is 2.45. The third-order valence-corrected chi connectivity index (χ3v) is 5.76. The van der Waals surface area contributed by atoms with Crippen molar-refractivity contribution in [3.8, 4) is 22.8 Å². The van der Waals surface area contributed by atoms with Crippen LogP contribution in [0.25, 0.3) is 33.7 Å². The third kappa shape index (κ3) is 3.45. The number of hydrogen-bond donors (Lipinski definition) is 2. The first-order valence-corrected chi connectivity index (χ1v) is 10.4. The van der Waals surface area contributed by atoms with E-state index in [-0.39, 0.29) is 12.6 Å². The van der Waals surface area contributed by atoms with E-state index in [2.05, 4.69) is 27.1 Å². The number of aliphatic hydroxyl groups is 1. The maximum Gasteiger partial charge on any atom is 0.162 e. The number of aliphatic hydroxyl groups excluding tert-OH is 1. The minimum Gasteiger partial charge on any atom is -0.392 e. The summed E-state index contributed by atoms with van der Waals surface area (Å²) in [7, 11) is 1.87. The summed E-state index contributed by atoms with van der Waals surface area (Å²) in [5.41, 5.74) is 5.05. The Balaban J connectivity index is 1.75. The number of anilines is 1. The number of nitrogens with one attached hydrogen (secondary N) is 1. The number of ether oxygens (including phenoxy) is 1. The van der Waals surface area contributed by atoms with Crippen molar-refractivity contribution in [2.24, 2.45) is 7.05 Å². The summed E-state index contributed by atoms with van der Waals surface area (Å²) in [4.78, 5) is 15.4. The Morgan fingerprint density at radius 2 is 2.13 bits per heavy atom. The molecule has 0 aliphatic carbocycles. The molecule has 4 aromatic rings. The SMILES string of the molecule is Cc1nnn(C)c1-c1cc(N2CCOC[C@H]2C)nc(-c2cc(CO)cc3[nH]ccc23)n1. The quantitative estimate of drug-likeness (QED) is 0.523. The van der Waals surface area contributed by atoms with E-state index in [4.69, 9.17) is 14.7 Å². The summed E-state index contributed by atoms with van der Waals surface area (Å²) in [6.07, 6.45) is 1.89. The van der Waals surface area contributed by atoms with E-state index in [1.54, 1.807) is 4.68 Å². The molecule has 9 heteroatoms. The van der Waals surface area contributed by atoms with Crippen LogP contribution < -0.4 is 4.90 Å². The van der Waals surface area contributed by atoms with Crippen LogP contribution in [0.3, 0.4) is 0 Å². The van der Waals surface area contributed by atoms with Gasteiger partial charge >= 0.3 is 0 Å². The number of aromatic nitrogens is 6. The topological polar surface area (TPSA) is 105 Å². The molecule has 9 nitrogen and oxygen atoms in total. The highest BCUT2D eigenvalue weighted by molar-refractivity contribution is 5.94. The number of nitrogens with zero attached hydrogens (tertiary/aromatic N) is 6. The number of H-pyrrole nitrogens is 1. The Labute approximate surface area is 179 Å². The van der Waals surface area contributed by atoms with Crippen molar-refractivity contribution >= 4 is 16.7 Å². The first-order chi connectivity index (χ1) is 15.0. The number of fused-ring (bicyclic) bond motifs is 1. The lowest BCUT2D eigenvalue weighted by molar-refractivity contribution is 0.0985. The Morgan fingerprint density at radius 1 is 1.26 bits per heavy atom. The van der Waals surface area contributed by atoms with E-state index < -0.39 is 0 Å². The van der Waals surface area contributed by atoms with E-state index in [1.807, 2.05) is 44.4 Å². The van der Waals surface area contributed by atoms with Gasteiger partial charge in [0, 0.05) is 42.3 Å². The molecule has 31 heavy (non-hydrogen) atoms. The molecule has 3 aromatic heterocycles. The van der Waals surface area contributed by atoms with Gasteiger partial charge in [-0.2, -0.15) is 0 Å². The van der Waals surface area contributed by atoms with Crippen LogP contribution in [-0.2, 0) is 18.4 Å². The molecule has 2 N–H and O–H groups in total. The maximum absolute atomic E-state index is 9.78. The summed E-state index contributed by atoms with van der Waals surface area (Å²) >= 11 is 0. The molecule has 0 amide bonds. The van der Waals surface area contributed by atoms with Crippen molar-refractivity contribution in [3.63, 3.8) is 0 Å². The highest BCUT2D eigenvalue weighted by Gasteiger charge is 2.24. The molecule has 1 atom stereocenters. The third-order valence-electron chi connectivity index (χ3n) is 5.76. The zero-order valence-electron chi connectivity index (χ0n) is 17.8. The zero-order chi connectivity index (χ0) is 21.5. The van der Waals surface area contributed by atoms with Crippen LogP contribution in [0.2, 0.25) is 0 Å². The molecule has 0 bridgehead atoms. The van der Waals surface area contributed by atoms with E-state index in [1.165, 1.54) is 0 Å². The van der Waals surface area contributed by atoms with Gasteiger partial charge < -0.3 is 19.7 Å². The number of rotatable bonds is 4. The highest BCUT2D eigenvalue weighted by Crippen LogP contribution is 2.32. The van der Waals surface area contributed by atoms with Crippen molar-refractivity contribution in [2.45, 2.75) is 26.5 Å². The van der Waals surface area contributed by atoms with E-state index in [0.29, 0.717) is 19.0 Å². The Bertz CT molecular complexity index is 1230. The molecule has 0 radical (unpaired) electrons. The van der Waals surface area contributed by atoms with Crippen LogP contribution in [0.1, 0.15) is 18.2 Å². The molecular formula is C22H25N7O2. The van der Waals surface area contributed by atoms with Gasteiger partial charge in [0.15, 0.2) is 5.82 Å². The van der Waals surface area contributed by atoms with Gasteiger partial charge in [-0.25, -0.2) is 14.6 Å². The molecule has 0 spiro atoms. The number of aromatic amines is 1. The van der Waals surface area contributed by atoms with Crippen LogP contribution in [-0.4, -0.2) is 60.9 Å². The van der Waals surface area contributed by atoms with Gasteiger partial charge in [-0.1, -0.05) is 5.21 Å². The highest BCUT2D eigenvalue weighted by atomic mass is 16.5. The molecule has 160 valence electrons. The molecule has 1 aliphatic heterocycles. The molecule has 1 saturated heterocycles. The van der Waals surface area contributed by atoms with Gasteiger partial charge in [0.05, 0.1) is 37.3 Å². The van der Waals surface area contributed by atoms with Crippen LogP contribution in [0.15, 0.2) is 30.5 Å². The van der Waals surface area contributed by atoms with Crippen LogP contribution in [0, 0.1) is 6.92 Å². The zero-order valence-corrected chi connectivity index (χ0v) is 17.8. The fourth-order valence-electron chi connectivity index (χ4n) is 4.21. The Hall–Kier alpha value is -3.30. The second kappa shape index (κ2) is 7.75. The summed E-state index contributed by atoms with van der Waals surface area (Å²) < 4.78 is 7.37. The average Bonchev–Trinajstić information content (AvgIpc) is 3.38. The maximum atomic E-state index is 9.78. The van der Waals surface area contributed by atoms with E-state index in [0.717, 1.165) is 51.5 Å². The van der Waals surface area contributed by atoms with Gasteiger partial charge in [-0.3, -0.25) is 0 Å². The lowest BCUT2D eigenvalue weighted by Crippen LogP contribution is -2.44. The Morgan fingerprint density at radius 3 is 2.87 bits per heavy atom. The second-order valence-corrected chi connectivity index (χ2v) is 7.94. The number of hydrogen-bond acceptors (Lipinski definition) is 7. The van der Waals surface area contributed by atoms with Gasteiger partial charge in [-0.05, 0) is 37.6 Å². The van der Waals surface area contributed by atoms with Gasteiger partial charge in [0.1, 0.15) is 11.5 Å². The van der Waals surface area contributed by atoms with Crippen molar-refractivity contribution in [2.75, 3.05) is 24.7 Å². The first kappa shape index (κ1) is 19.7. The molecular weight excluding hydrogens is 394 g/mol. The lowest BCUT2D eigenvalue weighted by Gasteiger charge is -2.34. The molecule has 1 aliphatic rings. The summed E-state index contributed by atoms with van der Waals surface area (Å²) in [6.45, 7) is 6.08. The fraction of sp³-hybridized carbons (Fsp3) is 0.364. The smallest absolute Gasteiger partial charge is 0.162 e. The average molecular weight is 419 g/mol. The monoisotopic (exact) mass is 419 g/mol. The largest absolute Gasteiger partial charge is 0.392 e. The van der Waals surface area contributed by atoms with Crippen molar-refractivity contribution in [1.29, 1.82) is 0 Å². The van der Waals surface area contributed by atoms with Gasteiger partial charge in [0.25, 0.3) is 0 Å². The standard InChI is InChI=1S/C22H25N7O2/c1-13-12-31-7-6-29(13)20-10-19(21-14(2)26-27-28(21)3)24-22(25-20)17-8-15(11-30)9-18-16(17)4-5-23-18/h4-5,8-10,13,23,30H,6-7,11-12H2,1-3H3/t13-/m1/s1. The molecule has 5 rings (SSSR count). The minimum atomic E-state index is -0.0558. The number of aryl methyl sites for hydroxylation is 2. The fourth-order valence-corrected chi connectivity index (χ4v) is 4.21. The summed E-state index contributed by atoms with van der Waals surface area (Å²) in [5.74, 6) is 1.45.